The number of aliphatic hydroxyl groups is 1. The summed E-state index contributed by atoms with van der Waals surface area (Å²) in [5, 5.41) is 13.3. The Morgan fingerprint density at radius 3 is 2.91 bits per heavy atom. The smallest absolute Gasteiger partial charge is 0.227 e. The third-order valence-electron chi connectivity index (χ3n) is 4.18. The van der Waals surface area contributed by atoms with Crippen molar-refractivity contribution < 1.29 is 14.6 Å². The SMILES string of the molecule is CC(C)CC[C@@](C)(O)CNC(=O)[C@H]1CCOc2ccccc21. The molecule has 0 aliphatic carbocycles. The largest absolute Gasteiger partial charge is 0.493 e. The summed E-state index contributed by atoms with van der Waals surface area (Å²) >= 11 is 0. The molecule has 1 aromatic rings. The van der Waals surface area contributed by atoms with E-state index in [4.69, 9.17) is 4.74 Å². The van der Waals surface area contributed by atoms with Gasteiger partial charge in [0.2, 0.25) is 5.91 Å². The van der Waals surface area contributed by atoms with E-state index in [9.17, 15) is 9.90 Å². The zero-order valence-electron chi connectivity index (χ0n) is 13.8. The average Bonchev–Trinajstić information content (AvgIpc) is 2.50. The van der Waals surface area contributed by atoms with E-state index in [2.05, 4.69) is 19.2 Å². The number of hydrogen-bond acceptors (Lipinski definition) is 3. The van der Waals surface area contributed by atoms with Crippen LogP contribution in [0.3, 0.4) is 0 Å². The van der Waals surface area contributed by atoms with E-state index in [1.54, 1.807) is 6.92 Å². The summed E-state index contributed by atoms with van der Waals surface area (Å²) < 4.78 is 5.58. The first-order valence-corrected chi connectivity index (χ1v) is 8.11. The molecule has 2 N–H and O–H groups in total. The number of fused-ring (bicyclic) bond motifs is 1. The van der Waals surface area contributed by atoms with E-state index >= 15 is 0 Å². The monoisotopic (exact) mass is 305 g/mol. The first-order chi connectivity index (χ1) is 10.4. The second-order valence-electron chi connectivity index (χ2n) is 6.87. The number of para-hydroxylation sites is 1. The molecule has 1 heterocycles. The molecule has 122 valence electrons. The molecule has 0 unspecified atom stereocenters. The summed E-state index contributed by atoms with van der Waals surface area (Å²) in [6, 6.07) is 7.67. The van der Waals surface area contributed by atoms with Gasteiger partial charge >= 0.3 is 0 Å². The number of carbonyl (C=O) groups is 1. The van der Waals surface area contributed by atoms with Gasteiger partial charge < -0.3 is 15.2 Å². The van der Waals surface area contributed by atoms with Crippen LogP contribution in [0.1, 0.15) is 51.5 Å². The highest BCUT2D eigenvalue weighted by Crippen LogP contribution is 2.33. The Balaban J connectivity index is 1.93. The fourth-order valence-corrected chi connectivity index (χ4v) is 2.70. The number of hydrogen-bond donors (Lipinski definition) is 2. The van der Waals surface area contributed by atoms with E-state index in [1.165, 1.54) is 0 Å². The predicted octanol–water partition coefficient (Wildman–Crippen LogP) is 2.86. The van der Waals surface area contributed by atoms with Gasteiger partial charge in [0.25, 0.3) is 0 Å². The molecular weight excluding hydrogens is 278 g/mol. The maximum Gasteiger partial charge on any atom is 0.227 e. The summed E-state index contributed by atoms with van der Waals surface area (Å²) in [4.78, 5) is 12.5. The van der Waals surface area contributed by atoms with Gasteiger partial charge in [-0.15, -0.1) is 0 Å². The topological polar surface area (TPSA) is 58.6 Å². The van der Waals surface area contributed by atoms with Gasteiger partial charge in [-0.25, -0.2) is 0 Å². The molecule has 22 heavy (non-hydrogen) atoms. The third-order valence-corrected chi connectivity index (χ3v) is 4.18. The van der Waals surface area contributed by atoms with Crippen LogP contribution >= 0.6 is 0 Å². The van der Waals surface area contributed by atoms with Crippen LogP contribution in [0.25, 0.3) is 0 Å². The Morgan fingerprint density at radius 1 is 1.45 bits per heavy atom. The predicted molar refractivity (Wildman–Crippen MR) is 87.0 cm³/mol. The zero-order chi connectivity index (χ0) is 16.2. The lowest BCUT2D eigenvalue weighted by Crippen LogP contribution is -2.43. The highest BCUT2D eigenvalue weighted by molar-refractivity contribution is 5.84. The maximum atomic E-state index is 12.5. The molecule has 1 aromatic carbocycles. The highest BCUT2D eigenvalue weighted by Gasteiger charge is 2.29. The van der Waals surface area contributed by atoms with Crippen LogP contribution in [-0.2, 0) is 4.79 Å². The van der Waals surface area contributed by atoms with Crippen molar-refractivity contribution in [3.63, 3.8) is 0 Å². The lowest BCUT2D eigenvalue weighted by Gasteiger charge is -2.28. The van der Waals surface area contributed by atoms with Crippen LogP contribution in [-0.4, -0.2) is 29.8 Å². The van der Waals surface area contributed by atoms with Crippen molar-refractivity contribution in [3.8, 4) is 5.75 Å². The van der Waals surface area contributed by atoms with Gasteiger partial charge in [0, 0.05) is 12.1 Å². The summed E-state index contributed by atoms with van der Waals surface area (Å²) in [5.74, 6) is 1.12. The van der Waals surface area contributed by atoms with Crippen molar-refractivity contribution in [2.75, 3.05) is 13.2 Å². The van der Waals surface area contributed by atoms with Crippen LogP contribution in [0.4, 0.5) is 0 Å². The molecule has 4 heteroatoms. The van der Waals surface area contributed by atoms with E-state index in [0.717, 1.165) is 17.7 Å². The van der Waals surface area contributed by atoms with Crippen LogP contribution in [0.2, 0.25) is 0 Å². The quantitative estimate of drug-likeness (QED) is 0.849. The van der Waals surface area contributed by atoms with Crippen LogP contribution in [0, 0.1) is 5.92 Å². The van der Waals surface area contributed by atoms with Crippen molar-refractivity contribution >= 4 is 5.91 Å². The lowest BCUT2D eigenvalue weighted by atomic mass is 9.91. The Hall–Kier alpha value is -1.55. The standard InChI is InChI=1S/C18H27NO3/c1-13(2)8-10-18(3,21)12-19-17(20)15-9-11-22-16-7-5-4-6-14(15)16/h4-7,13,15,21H,8-12H2,1-3H3,(H,19,20)/t15-,18+/m0/s1. The van der Waals surface area contributed by atoms with E-state index in [1.807, 2.05) is 24.3 Å². The first kappa shape index (κ1) is 16.8. The minimum atomic E-state index is -0.857. The van der Waals surface area contributed by atoms with E-state index < -0.39 is 5.60 Å². The van der Waals surface area contributed by atoms with E-state index in [-0.39, 0.29) is 18.4 Å². The Labute approximate surface area is 132 Å². The van der Waals surface area contributed by atoms with Gasteiger partial charge in [0.1, 0.15) is 5.75 Å². The normalized spacial score (nSPS) is 20.0. The maximum absolute atomic E-state index is 12.5. The minimum Gasteiger partial charge on any atom is -0.493 e. The molecule has 1 amide bonds. The number of rotatable bonds is 6. The van der Waals surface area contributed by atoms with Gasteiger partial charge in [-0.1, -0.05) is 32.0 Å². The second-order valence-corrected chi connectivity index (χ2v) is 6.87. The summed E-state index contributed by atoms with van der Waals surface area (Å²) in [5.41, 5.74) is 0.0815. The Bertz CT molecular complexity index is 511. The van der Waals surface area contributed by atoms with Gasteiger partial charge in [-0.2, -0.15) is 0 Å². The molecule has 2 rings (SSSR count). The summed E-state index contributed by atoms with van der Waals surface area (Å²) in [6.45, 7) is 6.89. The van der Waals surface area contributed by atoms with Gasteiger partial charge in [-0.3, -0.25) is 4.79 Å². The second kappa shape index (κ2) is 7.14. The Morgan fingerprint density at radius 2 is 2.18 bits per heavy atom. The van der Waals surface area contributed by atoms with Gasteiger partial charge in [0.15, 0.2) is 0 Å². The Kier molecular flexibility index (Phi) is 5.46. The minimum absolute atomic E-state index is 0.0272. The fraction of sp³-hybridized carbons (Fsp3) is 0.611. The summed E-state index contributed by atoms with van der Waals surface area (Å²) in [7, 11) is 0. The van der Waals surface area contributed by atoms with Crippen molar-refractivity contribution in [2.24, 2.45) is 5.92 Å². The zero-order valence-corrected chi connectivity index (χ0v) is 13.8. The number of amides is 1. The molecule has 0 bridgehead atoms. The number of benzene rings is 1. The number of nitrogens with one attached hydrogen (secondary N) is 1. The van der Waals surface area contributed by atoms with Crippen LogP contribution in [0.15, 0.2) is 24.3 Å². The van der Waals surface area contributed by atoms with Crippen LogP contribution in [0.5, 0.6) is 5.75 Å². The fourth-order valence-electron chi connectivity index (χ4n) is 2.70. The van der Waals surface area contributed by atoms with Crippen molar-refractivity contribution in [2.45, 2.75) is 51.6 Å². The molecule has 0 saturated heterocycles. The molecule has 1 aliphatic rings. The van der Waals surface area contributed by atoms with Crippen molar-refractivity contribution in [3.05, 3.63) is 29.8 Å². The molecule has 4 nitrogen and oxygen atoms in total. The van der Waals surface area contributed by atoms with Crippen molar-refractivity contribution in [1.29, 1.82) is 0 Å². The van der Waals surface area contributed by atoms with Crippen LogP contribution < -0.4 is 10.1 Å². The first-order valence-electron chi connectivity index (χ1n) is 8.11. The molecule has 0 aromatic heterocycles. The molecule has 0 radical (unpaired) electrons. The molecular formula is C18H27NO3. The number of ether oxygens (including phenoxy) is 1. The number of carbonyl (C=O) groups excluding carboxylic acids is 1. The van der Waals surface area contributed by atoms with Gasteiger partial charge in [-0.05, 0) is 38.2 Å². The lowest BCUT2D eigenvalue weighted by molar-refractivity contribution is -0.124. The third kappa shape index (κ3) is 4.47. The molecule has 2 atom stereocenters. The molecule has 1 aliphatic heterocycles. The molecule has 0 fully saturated rings. The van der Waals surface area contributed by atoms with Crippen molar-refractivity contribution in [1.82, 2.24) is 5.32 Å². The van der Waals surface area contributed by atoms with Gasteiger partial charge in [0.05, 0.1) is 18.1 Å². The molecule has 0 spiro atoms. The molecule has 0 saturated carbocycles. The average molecular weight is 305 g/mol. The summed E-state index contributed by atoms with van der Waals surface area (Å²) in [6.07, 6.45) is 2.31. The van der Waals surface area contributed by atoms with E-state index in [0.29, 0.717) is 25.4 Å². The highest BCUT2D eigenvalue weighted by atomic mass is 16.5.